The highest BCUT2D eigenvalue weighted by atomic mass is 16.5. The van der Waals surface area contributed by atoms with Crippen molar-refractivity contribution in [2.45, 2.75) is 13.5 Å². The number of benzene rings is 2. The first kappa shape index (κ1) is 17.5. The zero-order valence-corrected chi connectivity index (χ0v) is 14.6. The van der Waals surface area contributed by atoms with Crippen molar-refractivity contribution in [3.63, 3.8) is 0 Å². The van der Waals surface area contributed by atoms with Gasteiger partial charge in [0.15, 0.2) is 0 Å². The van der Waals surface area contributed by atoms with Gasteiger partial charge < -0.3 is 14.5 Å². The Morgan fingerprint density at radius 2 is 1.92 bits per heavy atom. The van der Waals surface area contributed by atoms with Crippen molar-refractivity contribution in [2.75, 3.05) is 7.11 Å². The number of carbonyl (C=O) groups is 1. The van der Waals surface area contributed by atoms with Crippen LogP contribution in [0.2, 0.25) is 0 Å². The van der Waals surface area contributed by atoms with E-state index in [4.69, 9.17) is 9.15 Å². The first-order chi connectivity index (χ1) is 12.5. The molecule has 5 nitrogen and oxygen atoms in total. The molecule has 3 aromatic rings. The smallest absolute Gasteiger partial charge is 0.336 e. The summed E-state index contributed by atoms with van der Waals surface area (Å²) in [6.07, 6.45) is 3.21. The van der Waals surface area contributed by atoms with E-state index in [1.54, 1.807) is 25.3 Å². The molecule has 0 saturated heterocycles. The van der Waals surface area contributed by atoms with Crippen LogP contribution in [0.1, 0.15) is 16.7 Å². The highest BCUT2D eigenvalue weighted by Crippen LogP contribution is 2.19. The summed E-state index contributed by atoms with van der Waals surface area (Å²) in [6.45, 7) is 2.30. The molecule has 1 N–H and O–H groups in total. The number of hydrogen-bond donors (Lipinski definition) is 1. The third kappa shape index (κ3) is 4.19. The summed E-state index contributed by atoms with van der Waals surface area (Å²) in [5.74, 6) is 0.597. The second-order valence-electron chi connectivity index (χ2n) is 5.90. The van der Waals surface area contributed by atoms with Crippen LogP contribution in [0.3, 0.4) is 0 Å². The summed E-state index contributed by atoms with van der Waals surface area (Å²) in [5, 5.41) is 3.69. The number of methoxy groups -OCH3 is 1. The van der Waals surface area contributed by atoms with Gasteiger partial charge in [-0.1, -0.05) is 18.2 Å². The van der Waals surface area contributed by atoms with Gasteiger partial charge in [0.2, 0.25) is 5.91 Å². The number of carbonyl (C=O) groups excluding carboxylic acids is 1. The van der Waals surface area contributed by atoms with Gasteiger partial charge in [0, 0.05) is 24.1 Å². The van der Waals surface area contributed by atoms with E-state index in [0.29, 0.717) is 12.1 Å². The molecule has 0 aliphatic carbocycles. The zero-order chi connectivity index (χ0) is 18.5. The van der Waals surface area contributed by atoms with Gasteiger partial charge in [-0.05, 0) is 54.0 Å². The molecule has 26 heavy (non-hydrogen) atoms. The fourth-order valence-corrected chi connectivity index (χ4v) is 2.60. The SMILES string of the molecule is COc1ccc(CNC(=O)C=Cc2ccc3oc(=O)cc(C)c3c2)cc1. The lowest BCUT2D eigenvalue weighted by Crippen LogP contribution is -2.20. The second kappa shape index (κ2) is 7.70. The Bertz CT molecular complexity index is 1020. The average molecular weight is 349 g/mol. The monoisotopic (exact) mass is 349 g/mol. The van der Waals surface area contributed by atoms with Crippen LogP contribution in [-0.4, -0.2) is 13.0 Å². The number of hydrogen-bond acceptors (Lipinski definition) is 4. The van der Waals surface area contributed by atoms with E-state index < -0.39 is 0 Å². The Kier molecular flexibility index (Phi) is 5.17. The quantitative estimate of drug-likeness (QED) is 0.566. The van der Waals surface area contributed by atoms with Gasteiger partial charge in [-0.15, -0.1) is 0 Å². The summed E-state index contributed by atoms with van der Waals surface area (Å²) in [4.78, 5) is 23.4. The van der Waals surface area contributed by atoms with Crippen molar-refractivity contribution in [1.82, 2.24) is 5.32 Å². The van der Waals surface area contributed by atoms with Crippen LogP contribution in [0.5, 0.6) is 5.75 Å². The third-order valence-electron chi connectivity index (χ3n) is 4.03. The predicted octanol–water partition coefficient (Wildman–Crippen LogP) is 3.44. The summed E-state index contributed by atoms with van der Waals surface area (Å²) < 4.78 is 10.3. The number of aryl methyl sites for hydroxylation is 1. The molecule has 1 aromatic heterocycles. The standard InChI is InChI=1S/C21H19NO4/c1-14-11-21(24)26-19-9-5-15(12-18(14)19)6-10-20(23)22-13-16-3-7-17(25-2)8-4-16/h3-12H,13H2,1-2H3,(H,22,23). The molecule has 5 heteroatoms. The Morgan fingerprint density at radius 1 is 1.15 bits per heavy atom. The van der Waals surface area contributed by atoms with Crippen molar-refractivity contribution in [2.24, 2.45) is 0 Å². The van der Waals surface area contributed by atoms with E-state index >= 15 is 0 Å². The third-order valence-corrected chi connectivity index (χ3v) is 4.03. The fraction of sp³-hybridized carbons (Fsp3) is 0.143. The summed E-state index contributed by atoms with van der Waals surface area (Å²) >= 11 is 0. The molecular formula is C21H19NO4. The molecule has 3 rings (SSSR count). The molecule has 1 amide bonds. The van der Waals surface area contributed by atoms with Crippen molar-refractivity contribution >= 4 is 23.0 Å². The summed E-state index contributed by atoms with van der Waals surface area (Å²) in [7, 11) is 1.61. The molecular weight excluding hydrogens is 330 g/mol. The van der Waals surface area contributed by atoms with Gasteiger partial charge in [-0.25, -0.2) is 4.79 Å². The first-order valence-corrected chi connectivity index (χ1v) is 8.18. The lowest BCUT2D eigenvalue weighted by atomic mass is 10.1. The van der Waals surface area contributed by atoms with Crippen LogP contribution in [0.4, 0.5) is 0 Å². The minimum atomic E-state index is -0.365. The highest BCUT2D eigenvalue weighted by Gasteiger charge is 2.03. The topological polar surface area (TPSA) is 68.5 Å². The fourth-order valence-electron chi connectivity index (χ4n) is 2.60. The Hall–Kier alpha value is -3.34. The van der Waals surface area contributed by atoms with Gasteiger partial charge in [0.05, 0.1) is 7.11 Å². The van der Waals surface area contributed by atoms with Gasteiger partial charge in [0.25, 0.3) is 0 Å². The molecule has 0 fully saturated rings. The van der Waals surface area contributed by atoms with Crippen molar-refractivity contribution in [1.29, 1.82) is 0 Å². The summed E-state index contributed by atoms with van der Waals surface area (Å²) in [6, 6.07) is 14.4. The second-order valence-corrected chi connectivity index (χ2v) is 5.90. The molecule has 0 aliphatic rings. The predicted molar refractivity (Wildman–Crippen MR) is 101 cm³/mol. The molecule has 0 bridgehead atoms. The Balaban J connectivity index is 1.65. The lowest BCUT2D eigenvalue weighted by molar-refractivity contribution is -0.116. The molecule has 1 heterocycles. The van der Waals surface area contributed by atoms with Crippen molar-refractivity contribution in [3.05, 3.63) is 81.7 Å². The number of fused-ring (bicyclic) bond motifs is 1. The van der Waals surface area contributed by atoms with Gasteiger partial charge in [-0.2, -0.15) is 0 Å². The van der Waals surface area contributed by atoms with E-state index in [1.165, 1.54) is 12.1 Å². The van der Waals surface area contributed by atoms with E-state index in [9.17, 15) is 9.59 Å². The number of nitrogens with one attached hydrogen (secondary N) is 1. The van der Waals surface area contributed by atoms with Crippen molar-refractivity contribution < 1.29 is 13.9 Å². The molecule has 132 valence electrons. The Morgan fingerprint density at radius 3 is 2.65 bits per heavy atom. The normalized spacial score (nSPS) is 11.0. The first-order valence-electron chi connectivity index (χ1n) is 8.18. The van der Waals surface area contributed by atoms with Gasteiger partial charge in [0.1, 0.15) is 11.3 Å². The van der Waals surface area contributed by atoms with E-state index in [-0.39, 0.29) is 11.5 Å². The maximum Gasteiger partial charge on any atom is 0.336 e. The maximum absolute atomic E-state index is 12.0. The molecule has 0 radical (unpaired) electrons. The Labute approximate surface area is 150 Å². The van der Waals surface area contributed by atoms with E-state index in [1.807, 2.05) is 37.3 Å². The van der Waals surface area contributed by atoms with Gasteiger partial charge >= 0.3 is 5.63 Å². The highest BCUT2D eigenvalue weighted by molar-refractivity contribution is 5.92. The summed E-state index contributed by atoms with van der Waals surface area (Å²) in [5.41, 5.74) is 2.86. The van der Waals surface area contributed by atoms with Crippen molar-refractivity contribution in [3.8, 4) is 5.75 Å². The van der Waals surface area contributed by atoms with E-state index in [0.717, 1.165) is 27.8 Å². The van der Waals surface area contributed by atoms with Crippen LogP contribution < -0.4 is 15.7 Å². The molecule has 0 aliphatic heterocycles. The maximum atomic E-state index is 12.0. The molecule has 0 unspecified atom stereocenters. The molecule has 0 saturated carbocycles. The number of rotatable bonds is 5. The van der Waals surface area contributed by atoms with Crippen LogP contribution in [0.25, 0.3) is 17.0 Å². The lowest BCUT2D eigenvalue weighted by Gasteiger charge is -2.04. The van der Waals surface area contributed by atoms with Crippen LogP contribution >= 0.6 is 0 Å². The van der Waals surface area contributed by atoms with E-state index in [2.05, 4.69) is 5.32 Å². The largest absolute Gasteiger partial charge is 0.497 e. The number of ether oxygens (including phenoxy) is 1. The number of amides is 1. The van der Waals surface area contributed by atoms with Crippen LogP contribution in [0.15, 0.2) is 63.8 Å². The average Bonchev–Trinajstić information content (AvgIpc) is 2.65. The van der Waals surface area contributed by atoms with Gasteiger partial charge in [-0.3, -0.25) is 4.79 Å². The minimum Gasteiger partial charge on any atom is -0.497 e. The molecule has 0 spiro atoms. The molecule has 0 atom stereocenters. The van der Waals surface area contributed by atoms with Crippen LogP contribution in [0, 0.1) is 6.92 Å². The minimum absolute atomic E-state index is 0.183. The van der Waals surface area contributed by atoms with Crippen LogP contribution in [-0.2, 0) is 11.3 Å². The zero-order valence-electron chi connectivity index (χ0n) is 14.6. The molecule has 2 aromatic carbocycles.